The van der Waals surface area contributed by atoms with Gasteiger partial charge in [-0.1, -0.05) is 26.0 Å². The monoisotopic (exact) mass is 147 g/mol. The topological polar surface area (TPSA) is 9.23 Å². The van der Waals surface area contributed by atoms with Crippen LogP contribution in [0.15, 0.2) is 0 Å². The van der Waals surface area contributed by atoms with Crippen LogP contribution in [0.1, 0.15) is 26.7 Å². The van der Waals surface area contributed by atoms with E-state index in [2.05, 4.69) is 13.8 Å². The van der Waals surface area contributed by atoms with E-state index in [0.717, 1.165) is 13.0 Å². The zero-order valence-electron chi connectivity index (χ0n) is 6.22. The van der Waals surface area contributed by atoms with Crippen LogP contribution in [0.25, 0.3) is 0 Å². The SMILES string of the molecule is CCCC(C)OCC[S]. The maximum atomic E-state index is 5.33. The summed E-state index contributed by atoms with van der Waals surface area (Å²) in [5.41, 5.74) is 0. The predicted octanol–water partition coefficient (Wildman–Crippen LogP) is 2.39. The van der Waals surface area contributed by atoms with Crippen molar-refractivity contribution in [3.05, 3.63) is 0 Å². The molecule has 0 saturated heterocycles. The smallest absolute Gasteiger partial charge is 0.0568 e. The first-order valence-electron chi connectivity index (χ1n) is 3.51. The summed E-state index contributed by atoms with van der Waals surface area (Å²) in [6.07, 6.45) is 2.74. The summed E-state index contributed by atoms with van der Waals surface area (Å²) in [6, 6.07) is 0. The summed E-state index contributed by atoms with van der Waals surface area (Å²) in [4.78, 5) is 0. The second-order valence-corrected chi connectivity index (χ2v) is 2.58. The highest BCUT2D eigenvalue weighted by Gasteiger charge is 1.97. The highest BCUT2D eigenvalue weighted by atomic mass is 32.1. The molecule has 0 saturated carbocycles. The fourth-order valence-electron chi connectivity index (χ4n) is 0.739. The lowest BCUT2D eigenvalue weighted by molar-refractivity contribution is 0.0719. The molecule has 0 spiro atoms. The molecule has 0 fully saturated rings. The Morgan fingerprint density at radius 1 is 1.56 bits per heavy atom. The summed E-state index contributed by atoms with van der Waals surface area (Å²) < 4.78 is 5.33. The molecule has 55 valence electrons. The van der Waals surface area contributed by atoms with Crippen LogP contribution < -0.4 is 0 Å². The summed E-state index contributed by atoms with van der Waals surface area (Å²) in [6.45, 7) is 4.98. The van der Waals surface area contributed by atoms with Crippen molar-refractivity contribution in [2.45, 2.75) is 32.8 Å². The van der Waals surface area contributed by atoms with Crippen molar-refractivity contribution in [1.82, 2.24) is 0 Å². The molecular formula is C7H15OS. The molecule has 0 aliphatic rings. The molecule has 0 amide bonds. The Morgan fingerprint density at radius 2 is 2.22 bits per heavy atom. The molecular weight excluding hydrogens is 132 g/mol. The van der Waals surface area contributed by atoms with Crippen molar-refractivity contribution in [1.29, 1.82) is 0 Å². The zero-order chi connectivity index (χ0) is 7.11. The van der Waals surface area contributed by atoms with Crippen LogP contribution >= 0.6 is 12.6 Å². The maximum absolute atomic E-state index is 5.33. The van der Waals surface area contributed by atoms with Gasteiger partial charge in [0, 0.05) is 5.75 Å². The molecule has 0 aliphatic heterocycles. The Balaban J connectivity index is 2.95. The van der Waals surface area contributed by atoms with Crippen molar-refractivity contribution in [3.8, 4) is 0 Å². The van der Waals surface area contributed by atoms with E-state index < -0.39 is 0 Å². The van der Waals surface area contributed by atoms with Gasteiger partial charge in [-0.2, -0.15) is 0 Å². The van der Waals surface area contributed by atoms with Crippen LogP contribution in [0.3, 0.4) is 0 Å². The highest BCUT2D eigenvalue weighted by Crippen LogP contribution is 1.99. The number of hydrogen-bond acceptors (Lipinski definition) is 1. The molecule has 2 heteroatoms. The van der Waals surface area contributed by atoms with Gasteiger partial charge in [-0.25, -0.2) is 0 Å². The molecule has 1 nitrogen and oxygen atoms in total. The van der Waals surface area contributed by atoms with Crippen LogP contribution in [0, 0.1) is 0 Å². The summed E-state index contributed by atoms with van der Waals surface area (Å²) in [7, 11) is 0. The van der Waals surface area contributed by atoms with Gasteiger partial charge in [-0.05, 0) is 13.3 Å². The molecule has 0 aromatic carbocycles. The Kier molecular flexibility index (Phi) is 6.65. The first-order valence-corrected chi connectivity index (χ1v) is 4.08. The fraction of sp³-hybridized carbons (Fsp3) is 1.00. The third kappa shape index (κ3) is 6.19. The minimum absolute atomic E-state index is 0.401. The van der Waals surface area contributed by atoms with Gasteiger partial charge in [-0.3, -0.25) is 0 Å². The van der Waals surface area contributed by atoms with Crippen LogP contribution in [-0.4, -0.2) is 18.5 Å². The lowest BCUT2D eigenvalue weighted by Gasteiger charge is -2.09. The molecule has 0 rings (SSSR count). The van der Waals surface area contributed by atoms with E-state index in [1.54, 1.807) is 0 Å². The van der Waals surface area contributed by atoms with Gasteiger partial charge >= 0.3 is 0 Å². The lowest BCUT2D eigenvalue weighted by atomic mass is 10.2. The summed E-state index contributed by atoms with van der Waals surface area (Å²) in [5.74, 6) is 0.716. The molecule has 1 atom stereocenters. The summed E-state index contributed by atoms with van der Waals surface area (Å²) in [5, 5.41) is 0. The lowest BCUT2D eigenvalue weighted by Crippen LogP contribution is -2.08. The van der Waals surface area contributed by atoms with Crippen LogP contribution in [0.5, 0.6) is 0 Å². The minimum Gasteiger partial charge on any atom is -0.378 e. The molecule has 1 unspecified atom stereocenters. The van der Waals surface area contributed by atoms with Crippen LogP contribution in [0.2, 0.25) is 0 Å². The van der Waals surface area contributed by atoms with Crippen molar-refractivity contribution in [2.24, 2.45) is 0 Å². The minimum atomic E-state index is 0.401. The van der Waals surface area contributed by atoms with E-state index in [1.807, 2.05) is 0 Å². The van der Waals surface area contributed by atoms with E-state index in [9.17, 15) is 0 Å². The molecule has 0 aromatic heterocycles. The second-order valence-electron chi connectivity index (χ2n) is 2.17. The number of rotatable bonds is 5. The molecule has 9 heavy (non-hydrogen) atoms. The molecule has 1 radical (unpaired) electrons. The van der Waals surface area contributed by atoms with E-state index in [1.165, 1.54) is 6.42 Å². The molecule has 0 heterocycles. The van der Waals surface area contributed by atoms with Gasteiger partial charge in [0.25, 0.3) is 0 Å². The van der Waals surface area contributed by atoms with Crippen molar-refractivity contribution in [2.75, 3.05) is 12.4 Å². The molecule has 0 aromatic rings. The molecule has 0 N–H and O–H groups in total. The number of hydrogen-bond donors (Lipinski definition) is 0. The van der Waals surface area contributed by atoms with E-state index in [0.29, 0.717) is 11.9 Å². The van der Waals surface area contributed by atoms with E-state index in [-0.39, 0.29) is 0 Å². The van der Waals surface area contributed by atoms with Crippen molar-refractivity contribution in [3.63, 3.8) is 0 Å². The van der Waals surface area contributed by atoms with Gasteiger partial charge in [0.05, 0.1) is 12.7 Å². The first-order chi connectivity index (χ1) is 4.31. The highest BCUT2D eigenvalue weighted by molar-refractivity contribution is 7.80. The quantitative estimate of drug-likeness (QED) is 0.580. The largest absolute Gasteiger partial charge is 0.378 e. The first kappa shape index (κ1) is 9.31. The van der Waals surface area contributed by atoms with Gasteiger partial charge in [0.15, 0.2) is 0 Å². The second kappa shape index (κ2) is 6.43. The van der Waals surface area contributed by atoms with E-state index >= 15 is 0 Å². The average molecular weight is 147 g/mol. The maximum Gasteiger partial charge on any atom is 0.0568 e. The molecule has 0 bridgehead atoms. The molecule has 0 aliphatic carbocycles. The summed E-state index contributed by atoms with van der Waals surface area (Å²) >= 11 is 4.73. The Bertz CT molecular complexity index is 56.9. The van der Waals surface area contributed by atoms with Gasteiger partial charge in [0.2, 0.25) is 0 Å². The standard InChI is InChI=1S/C7H15OS/c1-3-4-7(2)8-5-6-9/h7H,3-6H2,1-2H3. The third-order valence-corrected chi connectivity index (χ3v) is 1.35. The van der Waals surface area contributed by atoms with Crippen molar-refractivity contribution >= 4 is 12.6 Å². The van der Waals surface area contributed by atoms with Gasteiger partial charge in [-0.15, -0.1) is 0 Å². The van der Waals surface area contributed by atoms with E-state index in [4.69, 9.17) is 17.4 Å². The number of ether oxygens (including phenoxy) is 1. The van der Waals surface area contributed by atoms with Gasteiger partial charge in [0.1, 0.15) is 0 Å². The zero-order valence-corrected chi connectivity index (χ0v) is 7.04. The normalized spacial score (nSPS) is 13.7. The van der Waals surface area contributed by atoms with Crippen LogP contribution in [0.4, 0.5) is 0 Å². The predicted molar refractivity (Wildman–Crippen MR) is 42.8 cm³/mol. The third-order valence-electron chi connectivity index (χ3n) is 1.18. The Labute approximate surface area is 63.2 Å². The van der Waals surface area contributed by atoms with Crippen molar-refractivity contribution < 1.29 is 4.74 Å². The average Bonchev–Trinajstić information content (AvgIpc) is 1.85. The van der Waals surface area contributed by atoms with Gasteiger partial charge < -0.3 is 4.74 Å². The Hall–Kier alpha value is 0.310. The van der Waals surface area contributed by atoms with Crippen LogP contribution in [-0.2, 0) is 4.74 Å². The fourth-order valence-corrected chi connectivity index (χ4v) is 0.835. The Morgan fingerprint density at radius 3 is 2.67 bits per heavy atom.